The molecule has 110 valence electrons. The number of imidazole rings is 1. The number of nitro groups is 1. The zero-order valence-corrected chi connectivity index (χ0v) is 11.1. The van der Waals surface area contributed by atoms with Crippen molar-refractivity contribution in [2.24, 2.45) is 0 Å². The van der Waals surface area contributed by atoms with Crippen molar-refractivity contribution in [3.05, 3.63) is 70.4 Å². The van der Waals surface area contributed by atoms with Gasteiger partial charge in [-0.2, -0.15) is 0 Å². The molecule has 0 saturated heterocycles. The molecular weight excluding hydrogens is 291 g/mol. The van der Waals surface area contributed by atoms with E-state index in [4.69, 9.17) is 0 Å². The molecule has 2 aromatic heterocycles. The molecule has 2 heterocycles. The predicted octanol–water partition coefficient (Wildman–Crippen LogP) is 2.63. The molecule has 0 radical (unpaired) electrons. The molecule has 0 fully saturated rings. The Kier molecular flexibility index (Phi) is 3.26. The highest BCUT2D eigenvalue weighted by molar-refractivity contribution is 6.03. The van der Waals surface area contributed by atoms with E-state index in [0.29, 0.717) is 5.65 Å². The van der Waals surface area contributed by atoms with Gasteiger partial charge in [-0.1, -0.05) is 6.07 Å². The lowest BCUT2D eigenvalue weighted by molar-refractivity contribution is -0.384. The number of halogens is 1. The fourth-order valence-corrected chi connectivity index (χ4v) is 1.97. The van der Waals surface area contributed by atoms with Gasteiger partial charge in [0.1, 0.15) is 17.2 Å². The Balaban J connectivity index is 1.86. The third kappa shape index (κ3) is 2.62. The Morgan fingerprint density at radius 2 is 2.09 bits per heavy atom. The number of nitro benzene ring substituents is 1. The van der Waals surface area contributed by atoms with Crippen LogP contribution in [0.5, 0.6) is 0 Å². The second-order valence-corrected chi connectivity index (χ2v) is 4.50. The number of aromatic nitrogens is 2. The summed E-state index contributed by atoms with van der Waals surface area (Å²) in [6.45, 7) is 0. The van der Waals surface area contributed by atoms with Crippen molar-refractivity contribution in [2.75, 3.05) is 5.32 Å². The molecule has 0 aliphatic carbocycles. The SMILES string of the molecule is O=C(Nc1cccc([N+](=O)[O-])c1)c1cn2cc(F)ccc2n1. The topological polar surface area (TPSA) is 89.5 Å². The lowest BCUT2D eigenvalue weighted by atomic mass is 10.2. The molecule has 0 aliphatic rings. The average molecular weight is 300 g/mol. The Morgan fingerprint density at radius 1 is 1.27 bits per heavy atom. The maximum Gasteiger partial charge on any atom is 0.275 e. The first-order chi connectivity index (χ1) is 10.5. The number of hydrogen-bond donors (Lipinski definition) is 1. The van der Waals surface area contributed by atoms with E-state index >= 15 is 0 Å². The molecule has 1 amide bonds. The lowest BCUT2D eigenvalue weighted by Crippen LogP contribution is -2.12. The number of nitrogens with zero attached hydrogens (tertiary/aromatic N) is 3. The summed E-state index contributed by atoms with van der Waals surface area (Å²) in [5, 5.41) is 13.2. The molecule has 7 nitrogen and oxygen atoms in total. The van der Waals surface area contributed by atoms with Crippen molar-refractivity contribution in [3.63, 3.8) is 0 Å². The van der Waals surface area contributed by atoms with Crippen LogP contribution < -0.4 is 5.32 Å². The van der Waals surface area contributed by atoms with Crippen LogP contribution in [-0.4, -0.2) is 20.2 Å². The molecule has 0 saturated carbocycles. The van der Waals surface area contributed by atoms with Crippen molar-refractivity contribution in [1.29, 1.82) is 0 Å². The minimum absolute atomic E-state index is 0.0807. The van der Waals surface area contributed by atoms with Gasteiger partial charge < -0.3 is 9.72 Å². The number of non-ortho nitro benzene ring substituents is 1. The third-order valence-electron chi connectivity index (χ3n) is 2.96. The average Bonchev–Trinajstić information content (AvgIpc) is 2.90. The fourth-order valence-electron chi connectivity index (χ4n) is 1.97. The van der Waals surface area contributed by atoms with Gasteiger partial charge in [-0.3, -0.25) is 14.9 Å². The minimum Gasteiger partial charge on any atom is -0.320 e. The van der Waals surface area contributed by atoms with Gasteiger partial charge in [0.2, 0.25) is 0 Å². The van der Waals surface area contributed by atoms with E-state index in [-0.39, 0.29) is 17.1 Å². The van der Waals surface area contributed by atoms with E-state index in [0.717, 1.165) is 0 Å². The summed E-state index contributed by atoms with van der Waals surface area (Å²) < 4.78 is 14.5. The second kappa shape index (κ2) is 5.24. The number of rotatable bonds is 3. The number of carbonyl (C=O) groups excluding carboxylic acids is 1. The molecule has 1 aromatic carbocycles. The number of nitrogens with one attached hydrogen (secondary N) is 1. The zero-order chi connectivity index (χ0) is 15.7. The van der Waals surface area contributed by atoms with Crippen molar-refractivity contribution in [3.8, 4) is 0 Å². The molecule has 8 heteroatoms. The van der Waals surface area contributed by atoms with E-state index in [1.807, 2.05) is 0 Å². The molecule has 0 spiro atoms. The molecule has 0 atom stereocenters. The maximum atomic E-state index is 13.1. The molecule has 3 aromatic rings. The van der Waals surface area contributed by atoms with Gasteiger partial charge in [-0.05, 0) is 18.2 Å². The van der Waals surface area contributed by atoms with Crippen LogP contribution in [0.1, 0.15) is 10.5 Å². The summed E-state index contributed by atoms with van der Waals surface area (Å²) in [7, 11) is 0. The normalized spacial score (nSPS) is 10.6. The highest BCUT2D eigenvalue weighted by atomic mass is 19.1. The van der Waals surface area contributed by atoms with Crippen molar-refractivity contribution < 1.29 is 14.1 Å². The summed E-state index contributed by atoms with van der Waals surface area (Å²) in [5.41, 5.74) is 0.653. The summed E-state index contributed by atoms with van der Waals surface area (Å²) >= 11 is 0. The Hall–Kier alpha value is -3.29. The Labute approximate surface area is 123 Å². The van der Waals surface area contributed by atoms with Gasteiger partial charge in [0, 0.05) is 30.2 Å². The molecule has 0 aliphatic heterocycles. The molecule has 1 N–H and O–H groups in total. The molecule has 3 rings (SSSR count). The minimum atomic E-state index is -0.552. The summed E-state index contributed by atoms with van der Waals surface area (Å²) in [4.78, 5) is 26.3. The first kappa shape index (κ1) is 13.7. The van der Waals surface area contributed by atoms with Crippen molar-refractivity contribution in [2.45, 2.75) is 0 Å². The molecule has 22 heavy (non-hydrogen) atoms. The van der Waals surface area contributed by atoms with Crippen LogP contribution in [0, 0.1) is 15.9 Å². The number of carbonyl (C=O) groups is 1. The van der Waals surface area contributed by atoms with E-state index in [2.05, 4.69) is 10.3 Å². The summed E-state index contributed by atoms with van der Waals surface area (Å²) in [6, 6.07) is 8.24. The number of fused-ring (bicyclic) bond motifs is 1. The van der Waals surface area contributed by atoms with Gasteiger partial charge in [0.05, 0.1) is 4.92 Å². The number of anilines is 1. The molecule has 0 bridgehead atoms. The second-order valence-electron chi connectivity index (χ2n) is 4.50. The maximum absolute atomic E-state index is 13.1. The van der Waals surface area contributed by atoms with Gasteiger partial charge >= 0.3 is 0 Å². The van der Waals surface area contributed by atoms with E-state index < -0.39 is 16.6 Å². The van der Waals surface area contributed by atoms with Crippen LogP contribution in [0.15, 0.2) is 48.8 Å². The number of hydrogen-bond acceptors (Lipinski definition) is 4. The molecule has 0 unspecified atom stereocenters. The number of pyridine rings is 1. The number of benzene rings is 1. The lowest BCUT2D eigenvalue weighted by Gasteiger charge is -2.02. The standard InChI is InChI=1S/C14H9FN4O3/c15-9-4-5-13-17-12(8-18(13)7-9)14(20)16-10-2-1-3-11(6-10)19(21)22/h1-8H,(H,16,20). The molecular formula is C14H9FN4O3. The van der Waals surface area contributed by atoms with Gasteiger partial charge in [0.25, 0.3) is 11.6 Å². The van der Waals surface area contributed by atoms with Crippen LogP contribution in [0.25, 0.3) is 5.65 Å². The van der Waals surface area contributed by atoms with E-state index in [9.17, 15) is 19.3 Å². The summed E-state index contributed by atoms with van der Waals surface area (Å²) in [5.74, 6) is -0.986. The highest BCUT2D eigenvalue weighted by Crippen LogP contribution is 2.18. The van der Waals surface area contributed by atoms with Crippen LogP contribution in [0.3, 0.4) is 0 Å². The summed E-state index contributed by atoms with van der Waals surface area (Å²) in [6.07, 6.45) is 2.58. The third-order valence-corrected chi connectivity index (χ3v) is 2.96. The van der Waals surface area contributed by atoms with E-state index in [1.165, 1.54) is 53.2 Å². The highest BCUT2D eigenvalue weighted by Gasteiger charge is 2.13. The Bertz CT molecular complexity index is 891. The van der Waals surface area contributed by atoms with Gasteiger partial charge in [-0.25, -0.2) is 9.37 Å². The van der Waals surface area contributed by atoms with Crippen LogP contribution in [-0.2, 0) is 0 Å². The van der Waals surface area contributed by atoms with Crippen LogP contribution in [0.4, 0.5) is 15.8 Å². The van der Waals surface area contributed by atoms with Gasteiger partial charge in [-0.15, -0.1) is 0 Å². The first-order valence-corrected chi connectivity index (χ1v) is 6.23. The number of amides is 1. The predicted molar refractivity (Wildman–Crippen MR) is 76.2 cm³/mol. The zero-order valence-electron chi connectivity index (χ0n) is 11.1. The Morgan fingerprint density at radius 3 is 2.86 bits per heavy atom. The van der Waals surface area contributed by atoms with E-state index in [1.54, 1.807) is 0 Å². The largest absolute Gasteiger partial charge is 0.320 e. The first-order valence-electron chi connectivity index (χ1n) is 6.23. The van der Waals surface area contributed by atoms with Crippen LogP contribution >= 0.6 is 0 Å². The monoisotopic (exact) mass is 300 g/mol. The smallest absolute Gasteiger partial charge is 0.275 e. The quantitative estimate of drug-likeness (QED) is 0.594. The van der Waals surface area contributed by atoms with Crippen molar-refractivity contribution >= 4 is 22.9 Å². The van der Waals surface area contributed by atoms with Crippen molar-refractivity contribution in [1.82, 2.24) is 9.38 Å². The van der Waals surface area contributed by atoms with Gasteiger partial charge in [0.15, 0.2) is 0 Å². The fraction of sp³-hybridized carbons (Fsp3) is 0. The van der Waals surface area contributed by atoms with Crippen LogP contribution in [0.2, 0.25) is 0 Å².